The highest BCUT2D eigenvalue weighted by Crippen LogP contribution is 2.33. The van der Waals surface area contributed by atoms with E-state index in [4.69, 9.17) is 9.47 Å². The summed E-state index contributed by atoms with van der Waals surface area (Å²) < 4.78 is 40.5. The van der Waals surface area contributed by atoms with Gasteiger partial charge in [0.2, 0.25) is 0 Å². The number of anilines is 1. The second-order valence-electron chi connectivity index (χ2n) is 6.85. The predicted molar refractivity (Wildman–Crippen MR) is 121 cm³/mol. The normalized spacial score (nSPS) is 11.5. The van der Waals surface area contributed by atoms with Crippen molar-refractivity contribution in [3.05, 3.63) is 60.0 Å². The van der Waals surface area contributed by atoms with E-state index in [1.54, 1.807) is 28.8 Å². The maximum absolute atomic E-state index is 12.9. The Balaban J connectivity index is 1.59. The van der Waals surface area contributed by atoms with Crippen LogP contribution in [0.25, 0.3) is 5.78 Å². The minimum absolute atomic E-state index is 0.00531. The summed E-state index contributed by atoms with van der Waals surface area (Å²) in [5, 5.41) is 5.16. The molecule has 0 atom stereocenters. The van der Waals surface area contributed by atoms with Gasteiger partial charge in [-0.3, -0.25) is 4.72 Å². The maximum Gasteiger partial charge on any atom is 0.265 e. The molecule has 0 amide bonds. The van der Waals surface area contributed by atoms with Gasteiger partial charge in [0.1, 0.15) is 27.7 Å². The van der Waals surface area contributed by atoms with Crippen LogP contribution in [0.5, 0.6) is 11.5 Å². The van der Waals surface area contributed by atoms with Crippen molar-refractivity contribution >= 4 is 33.3 Å². The molecule has 4 rings (SSSR count). The third-order valence-corrected chi connectivity index (χ3v) is 7.42. The molecule has 0 radical (unpaired) electrons. The van der Waals surface area contributed by atoms with Gasteiger partial charge in [-0.2, -0.15) is 14.6 Å². The molecule has 0 unspecified atom stereocenters. The van der Waals surface area contributed by atoms with Crippen molar-refractivity contribution < 1.29 is 17.9 Å². The van der Waals surface area contributed by atoms with Crippen LogP contribution in [0.2, 0.25) is 0 Å². The molecule has 0 saturated heterocycles. The van der Waals surface area contributed by atoms with Crippen LogP contribution in [-0.4, -0.2) is 42.2 Å². The van der Waals surface area contributed by atoms with E-state index in [-0.39, 0.29) is 10.6 Å². The summed E-state index contributed by atoms with van der Waals surface area (Å²) in [4.78, 5) is 9.50. The lowest BCUT2D eigenvalue weighted by molar-refractivity contribution is 0.392. The number of fused-ring (bicyclic) bond motifs is 1. The van der Waals surface area contributed by atoms with E-state index in [0.717, 1.165) is 21.2 Å². The number of rotatable bonds is 7. The molecular formula is C21H21N5O4S2. The molecule has 32 heavy (non-hydrogen) atoms. The number of benzene rings is 2. The fraction of sp³-hybridized carbons (Fsp3) is 0.190. The third-order valence-electron chi connectivity index (χ3n) is 4.83. The largest absolute Gasteiger partial charge is 0.497 e. The summed E-state index contributed by atoms with van der Waals surface area (Å²) in [7, 11) is -0.995. The fourth-order valence-electron chi connectivity index (χ4n) is 3.03. The molecule has 0 bridgehead atoms. The summed E-state index contributed by atoms with van der Waals surface area (Å²) in [6, 6.07) is 11.7. The van der Waals surface area contributed by atoms with Crippen molar-refractivity contribution in [1.29, 1.82) is 0 Å². The van der Waals surface area contributed by atoms with Gasteiger partial charge in [-0.1, -0.05) is 11.8 Å². The SMILES string of the molecule is COc1ccc(OC)c(S(=O)(=O)Nc2ccc(Sc3c(C)c(C)nc4ncnn34)cc2)c1. The molecule has 2 aromatic heterocycles. The molecule has 2 heterocycles. The molecule has 4 aromatic rings. The molecule has 0 spiro atoms. The van der Waals surface area contributed by atoms with E-state index in [0.29, 0.717) is 17.2 Å². The first-order valence-electron chi connectivity index (χ1n) is 9.52. The van der Waals surface area contributed by atoms with Crippen LogP contribution < -0.4 is 14.2 Å². The number of hydrogen-bond donors (Lipinski definition) is 1. The Labute approximate surface area is 189 Å². The zero-order valence-corrected chi connectivity index (χ0v) is 19.5. The van der Waals surface area contributed by atoms with Crippen LogP contribution in [0.1, 0.15) is 11.3 Å². The Morgan fingerprint density at radius 1 is 1.03 bits per heavy atom. The average Bonchev–Trinajstić information content (AvgIpc) is 3.25. The van der Waals surface area contributed by atoms with E-state index in [9.17, 15) is 8.42 Å². The zero-order chi connectivity index (χ0) is 22.9. The summed E-state index contributed by atoms with van der Waals surface area (Å²) in [6.45, 7) is 3.91. The van der Waals surface area contributed by atoms with Crippen molar-refractivity contribution in [2.45, 2.75) is 28.7 Å². The molecular weight excluding hydrogens is 450 g/mol. The van der Waals surface area contributed by atoms with Crippen molar-refractivity contribution in [1.82, 2.24) is 19.6 Å². The second kappa shape index (κ2) is 8.67. The number of aromatic nitrogens is 4. The van der Waals surface area contributed by atoms with Gasteiger partial charge >= 0.3 is 0 Å². The van der Waals surface area contributed by atoms with E-state index in [1.165, 1.54) is 38.4 Å². The van der Waals surface area contributed by atoms with Gasteiger partial charge in [0, 0.05) is 27.9 Å². The predicted octanol–water partition coefficient (Wildman–Crippen LogP) is 3.71. The summed E-state index contributed by atoms with van der Waals surface area (Å²) in [5.41, 5.74) is 2.31. The lowest BCUT2D eigenvalue weighted by atomic mass is 10.3. The number of nitrogens with zero attached hydrogens (tertiary/aromatic N) is 4. The van der Waals surface area contributed by atoms with Gasteiger partial charge in [-0.05, 0) is 50.2 Å². The number of ether oxygens (including phenoxy) is 2. The standard InChI is InChI=1S/C21H21N5O4S2/c1-13-14(2)24-21-22-12-23-26(21)20(13)31-17-8-5-15(6-9-17)25-32(27,28)19-11-16(29-3)7-10-18(19)30-4/h5-12,25H,1-4H3. The highest BCUT2D eigenvalue weighted by atomic mass is 32.2. The second-order valence-corrected chi connectivity index (χ2v) is 9.56. The third kappa shape index (κ3) is 4.21. The van der Waals surface area contributed by atoms with E-state index >= 15 is 0 Å². The molecule has 0 saturated carbocycles. The number of nitrogens with one attached hydrogen (secondary N) is 1. The highest BCUT2D eigenvalue weighted by molar-refractivity contribution is 7.99. The Morgan fingerprint density at radius 3 is 2.47 bits per heavy atom. The van der Waals surface area contributed by atoms with Gasteiger partial charge in [0.05, 0.1) is 14.2 Å². The molecule has 0 fully saturated rings. The topological polar surface area (TPSA) is 108 Å². The lowest BCUT2D eigenvalue weighted by Crippen LogP contribution is -2.14. The van der Waals surface area contributed by atoms with Crippen LogP contribution in [0, 0.1) is 13.8 Å². The molecule has 2 aromatic carbocycles. The zero-order valence-electron chi connectivity index (χ0n) is 17.9. The van der Waals surface area contributed by atoms with Gasteiger partial charge in [-0.25, -0.2) is 13.4 Å². The van der Waals surface area contributed by atoms with E-state index in [2.05, 4.69) is 19.8 Å². The molecule has 9 nitrogen and oxygen atoms in total. The molecule has 166 valence electrons. The quantitative estimate of drug-likeness (QED) is 0.407. The number of methoxy groups -OCH3 is 2. The van der Waals surface area contributed by atoms with Crippen LogP contribution in [0.15, 0.2) is 63.6 Å². The van der Waals surface area contributed by atoms with Crippen molar-refractivity contribution in [3.63, 3.8) is 0 Å². The Hall–Kier alpha value is -3.31. The Morgan fingerprint density at radius 2 is 1.78 bits per heavy atom. The summed E-state index contributed by atoms with van der Waals surface area (Å²) >= 11 is 1.50. The van der Waals surface area contributed by atoms with Crippen molar-refractivity contribution in [3.8, 4) is 11.5 Å². The number of aryl methyl sites for hydroxylation is 1. The highest BCUT2D eigenvalue weighted by Gasteiger charge is 2.21. The van der Waals surface area contributed by atoms with Gasteiger partial charge in [0.25, 0.3) is 15.8 Å². The molecule has 11 heteroatoms. The minimum atomic E-state index is -3.89. The first-order valence-corrected chi connectivity index (χ1v) is 11.8. The van der Waals surface area contributed by atoms with Gasteiger partial charge in [0.15, 0.2) is 0 Å². The Bertz CT molecular complexity index is 1390. The van der Waals surface area contributed by atoms with Crippen LogP contribution in [0.4, 0.5) is 5.69 Å². The van der Waals surface area contributed by atoms with Crippen LogP contribution in [-0.2, 0) is 10.0 Å². The minimum Gasteiger partial charge on any atom is -0.497 e. The first-order chi connectivity index (χ1) is 15.3. The van der Waals surface area contributed by atoms with Crippen LogP contribution >= 0.6 is 11.8 Å². The summed E-state index contributed by atoms with van der Waals surface area (Å²) in [6.07, 6.45) is 1.47. The smallest absolute Gasteiger partial charge is 0.265 e. The first kappa shape index (κ1) is 21.9. The molecule has 1 N–H and O–H groups in total. The Kier molecular flexibility index (Phi) is 5.94. The monoisotopic (exact) mass is 471 g/mol. The molecule has 0 aliphatic carbocycles. The van der Waals surface area contributed by atoms with Crippen molar-refractivity contribution in [2.24, 2.45) is 0 Å². The van der Waals surface area contributed by atoms with Crippen LogP contribution in [0.3, 0.4) is 0 Å². The average molecular weight is 472 g/mol. The van der Waals surface area contributed by atoms with Crippen molar-refractivity contribution in [2.75, 3.05) is 18.9 Å². The van der Waals surface area contributed by atoms with Gasteiger partial charge in [-0.15, -0.1) is 0 Å². The lowest BCUT2D eigenvalue weighted by Gasteiger charge is -2.13. The fourth-order valence-corrected chi connectivity index (χ4v) is 5.28. The van der Waals surface area contributed by atoms with Gasteiger partial charge < -0.3 is 9.47 Å². The van der Waals surface area contributed by atoms with E-state index in [1.807, 2.05) is 26.0 Å². The molecule has 0 aliphatic rings. The number of sulfonamides is 1. The maximum atomic E-state index is 12.9. The number of hydrogen-bond acceptors (Lipinski definition) is 8. The molecule has 0 aliphatic heterocycles. The van der Waals surface area contributed by atoms with E-state index < -0.39 is 10.0 Å². The summed E-state index contributed by atoms with van der Waals surface area (Å²) in [5.74, 6) is 1.18.